The lowest BCUT2D eigenvalue weighted by Gasteiger charge is -2.38. The predicted octanol–water partition coefficient (Wildman–Crippen LogP) is 3.30. The van der Waals surface area contributed by atoms with Crippen LogP contribution in [0, 0.1) is 20.8 Å². The number of hydrogen-bond donors (Lipinski definition) is 0. The van der Waals surface area contributed by atoms with Crippen LogP contribution in [-0.4, -0.2) is 26.4 Å². The van der Waals surface area contributed by atoms with E-state index in [0.717, 1.165) is 59.7 Å². The average Bonchev–Trinajstić information content (AvgIpc) is 2.40. The molecular weight excluding hydrogens is 319 g/mol. The molecule has 22 heavy (non-hydrogen) atoms. The van der Waals surface area contributed by atoms with Gasteiger partial charge >= 0.3 is 10.1 Å². The third kappa shape index (κ3) is 3.41. The summed E-state index contributed by atoms with van der Waals surface area (Å²) in [7, 11) is -0.790. The third-order valence-corrected chi connectivity index (χ3v) is 5.23. The molecule has 2 atom stereocenters. The van der Waals surface area contributed by atoms with Crippen LogP contribution in [0.3, 0.4) is 0 Å². The van der Waals surface area contributed by atoms with E-state index < -0.39 is 10.1 Å². The van der Waals surface area contributed by atoms with Gasteiger partial charge in [0.1, 0.15) is 17.1 Å². The SMILES string of the molecule is Cc1c(C)c2c(c(C)c1OS(C)(=O)=O)CCC(C)(CCP)O2. The number of ether oxygens (including phenoxy) is 1. The molecule has 6 heteroatoms. The van der Waals surface area contributed by atoms with Crippen molar-refractivity contribution < 1.29 is 17.3 Å². The van der Waals surface area contributed by atoms with Crippen LogP contribution >= 0.6 is 9.24 Å². The molecule has 1 aliphatic rings. The minimum Gasteiger partial charge on any atom is -0.487 e. The van der Waals surface area contributed by atoms with Crippen molar-refractivity contribution in [3.8, 4) is 11.5 Å². The Balaban J connectivity index is 2.54. The van der Waals surface area contributed by atoms with Crippen molar-refractivity contribution >= 4 is 19.4 Å². The van der Waals surface area contributed by atoms with Gasteiger partial charge < -0.3 is 8.92 Å². The van der Waals surface area contributed by atoms with E-state index in [0.29, 0.717) is 5.75 Å². The summed E-state index contributed by atoms with van der Waals surface area (Å²) in [6, 6.07) is 0. The molecule has 2 unspecified atom stereocenters. The molecule has 0 N–H and O–H groups in total. The first-order valence-electron chi connectivity index (χ1n) is 7.49. The molecule has 4 nitrogen and oxygen atoms in total. The zero-order chi connectivity index (χ0) is 16.7. The fourth-order valence-electron chi connectivity index (χ4n) is 3.04. The molecule has 0 aliphatic carbocycles. The summed E-state index contributed by atoms with van der Waals surface area (Å²) in [5.74, 6) is 1.36. The number of fused-ring (bicyclic) bond motifs is 1. The molecule has 2 rings (SSSR count). The highest BCUT2D eigenvalue weighted by atomic mass is 32.2. The van der Waals surface area contributed by atoms with E-state index >= 15 is 0 Å². The highest BCUT2D eigenvalue weighted by molar-refractivity contribution is 7.86. The van der Waals surface area contributed by atoms with E-state index in [4.69, 9.17) is 8.92 Å². The molecular formula is C16H25O4PS. The Labute approximate surface area is 135 Å². The quantitative estimate of drug-likeness (QED) is 0.621. The second-order valence-electron chi connectivity index (χ2n) is 6.39. The highest BCUT2D eigenvalue weighted by Crippen LogP contribution is 2.44. The van der Waals surface area contributed by atoms with Crippen LogP contribution in [0.2, 0.25) is 0 Å². The minimum atomic E-state index is -3.54. The van der Waals surface area contributed by atoms with Gasteiger partial charge in [0.2, 0.25) is 0 Å². The zero-order valence-corrected chi connectivity index (χ0v) is 15.9. The summed E-state index contributed by atoms with van der Waals surface area (Å²) in [5, 5.41) is 0. The van der Waals surface area contributed by atoms with E-state index in [-0.39, 0.29) is 5.60 Å². The monoisotopic (exact) mass is 344 g/mol. The standard InChI is InChI=1S/C16H25O4PS/c1-10-11(2)15-13(6-7-16(4,19-15)8-9-21)12(3)14(10)20-22(5,17)18/h6-9,21H2,1-5H3. The van der Waals surface area contributed by atoms with Gasteiger partial charge in [-0.05, 0) is 69.8 Å². The summed E-state index contributed by atoms with van der Waals surface area (Å²) in [4.78, 5) is 0. The summed E-state index contributed by atoms with van der Waals surface area (Å²) in [5.41, 5.74) is 3.59. The van der Waals surface area contributed by atoms with Crippen LogP contribution in [0.5, 0.6) is 11.5 Å². The average molecular weight is 344 g/mol. The molecule has 0 saturated heterocycles. The Kier molecular flexibility index (Phi) is 4.79. The van der Waals surface area contributed by atoms with Crippen molar-refractivity contribution in [2.24, 2.45) is 0 Å². The molecule has 0 saturated carbocycles. The Morgan fingerprint density at radius 3 is 2.41 bits per heavy atom. The normalized spacial score (nSPS) is 21.2. The maximum atomic E-state index is 11.5. The van der Waals surface area contributed by atoms with Crippen molar-refractivity contribution in [1.82, 2.24) is 0 Å². The molecule has 0 spiro atoms. The Bertz CT molecular complexity index is 697. The molecule has 1 aromatic rings. The van der Waals surface area contributed by atoms with E-state index in [1.165, 1.54) is 0 Å². The fourth-order valence-corrected chi connectivity index (χ4v) is 4.20. The van der Waals surface area contributed by atoms with Crippen molar-refractivity contribution in [1.29, 1.82) is 0 Å². The topological polar surface area (TPSA) is 52.6 Å². The first kappa shape index (κ1) is 17.6. The zero-order valence-electron chi connectivity index (χ0n) is 13.9. The lowest BCUT2D eigenvalue weighted by molar-refractivity contribution is 0.0611. The van der Waals surface area contributed by atoms with Crippen LogP contribution in [0.25, 0.3) is 0 Å². The number of benzene rings is 1. The van der Waals surface area contributed by atoms with Gasteiger partial charge in [-0.15, -0.1) is 9.24 Å². The van der Waals surface area contributed by atoms with Crippen LogP contribution in [0.15, 0.2) is 0 Å². The van der Waals surface area contributed by atoms with E-state index in [2.05, 4.69) is 16.2 Å². The van der Waals surface area contributed by atoms with Gasteiger partial charge in [-0.2, -0.15) is 8.42 Å². The molecule has 124 valence electrons. The molecule has 0 radical (unpaired) electrons. The minimum absolute atomic E-state index is 0.155. The third-order valence-electron chi connectivity index (χ3n) is 4.47. The van der Waals surface area contributed by atoms with Gasteiger partial charge in [-0.3, -0.25) is 0 Å². The summed E-state index contributed by atoms with van der Waals surface area (Å²) in [6.45, 7) is 7.90. The number of hydrogen-bond acceptors (Lipinski definition) is 4. The van der Waals surface area contributed by atoms with Crippen molar-refractivity contribution in [2.45, 2.75) is 52.6 Å². The maximum Gasteiger partial charge on any atom is 0.306 e. The van der Waals surface area contributed by atoms with Crippen LogP contribution in [0.1, 0.15) is 42.0 Å². The molecule has 0 fully saturated rings. The largest absolute Gasteiger partial charge is 0.487 e. The molecule has 0 bridgehead atoms. The van der Waals surface area contributed by atoms with Gasteiger partial charge in [0.25, 0.3) is 0 Å². The maximum absolute atomic E-state index is 11.5. The predicted molar refractivity (Wildman–Crippen MR) is 92.7 cm³/mol. The second kappa shape index (κ2) is 6.01. The molecule has 0 aromatic heterocycles. The van der Waals surface area contributed by atoms with Crippen molar-refractivity contribution in [2.75, 3.05) is 12.4 Å². The summed E-state index contributed by atoms with van der Waals surface area (Å²) in [6.07, 6.45) is 4.86. The lowest BCUT2D eigenvalue weighted by Crippen LogP contribution is -2.37. The van der Waals surface area contributed by atoms with Crippen LogP contribution in [0.4, 0.5) is 0 Å². The van der Waals surface area contributed by atoms with Crippen molar-refractivity contribution in [3.05, 3.63) is 22.3 Å². The van der Waals surface area contributed by atoms with E-state index in [9.17, 15) is 8.42 Å². The molecule has 0 amide bonds. The Hall–Kier alpha value is -0.800. The van der Waals surface area contributed by atoms with Gasteiger partial charge in [-0.1, -0.05) is 0 Å². The van der Waals surface area contributed by atoms with Crippen molar-refractivity contribution in [3.63, 3.8) is 0 Å². The lowest BCUT2D eigenvalue weighted by atomic mass is 9.86. The molecule has 1 heterocycles. The van der Waals surface area contributed by atoms with Gasteiger partial charge in [0, 0.05) is 5.56 Å². The van der Waals surface area contributed by atoms with Gasteiger partial charge in [0.15, 0.2) is 0 Å². The van der Waals surface area contributed by atoms with Crippen LogP contribution in [-0.2, 0) is 16.5 Å². The van der Waals surface area contributed by atoms with Gasteiger partial charge in [0.05, 0.1) is 6.26 Å². The summed E-state index contributed by atoms with van der Waals surface area (Å²) >= 11 is 0. The van der Waals surface area contributed by atoms with E-state index in [1.807, 2.05) is 20.8 Å². The first-order valence-corrected chi connectivity index (χ1v) is 10.1. The number of rotatable bonds is 4. The second-order valence-corrected chi connectivity index (χ2v) is 8.54. The highest BCUT2D eigenvalue weighted by Gasteiger charge is 2.34. The summed E-state index contributed by atoms with van der Waals surface area (Å²) < 4.78 is 34.6. The smallest absolute Gasteiger partial charge is 0.306 e. The Morgan fingerprint density at radius 2 is 1.86 bits per heavy atom. The molecule has 1 aromatic carbocycles. The first-order chi connectivity index (χ1) is 10.1. The van der Waals surface area contributed by atoms with E-state index in [1.54, 1.807) is 0 Å². The fraction of sp³-hybridized carbons (Fsp3) is 0.625. The molecule has 1 aliphatic heterocycles. The Morgan fingerprint density at radius 1 is 1.23 bits per heavy atom. The van der Waals surface area contributed by atoms with Crippen LogP contribution < -0.4 is 8.92 Å². The van der Waals surface area contributed by atoms with Gasteiger partial charge in [-0.25, -0.2) is 0 Å².